The maximum Gasteiger partial charge on any atom is 0.338 e. The largest absolute Gasteiger partial charge is 0.458 e. The van der Waals surface area contributed by atoms with Crippen LogP contribution in [0.25, 0.3) is 0 Å². The monoisotopic (exact) mass is 528 g/mol. The van der Waals surface area contributed by atoms with Gasteiger partial charge in [-0.15, -0.1) is 0 Å². The van der Waals surface area contributed by atoms with Gasteiger partial charge >= 0.3 is 5.97 Å². The zero-order valence-electron chi connectivity index (χ0n) is 24.4. The zero-order chi connectivity index (χ0) is 27.2. The average Bonchev–Trinajstić information content (AvgIpc) is 3.22. The maximum absolute atomic E-state index is 13.8. The highest BCUT2D eigenvalue weighted by Gasteiger charge is 2.61. The van der Waals surface area contributed by atoms with E-state index in [1.54, 1.807) is 0 Å². The quantitative estimate of drug-likeness (QED) is 0.329. The van der Waals surface area contributed by atoms with Crippen molar-refractivity contribution in [2.24, 2.45) is 52.3 Å². The van der Waals surface area contributed by atoms with Gasteiger partial charge in [-0.05, 0) is 122 Å². The molecule has 4 saturated carbocycles. The fourth-order valence-electron chi connectivity index (χ4n) is 10.3. The number of carbonyl (C=O) groups excluding carboxylic acids is 1. The minimum atomic E-state index is -0.997. The van der Waals surface area contributed by atoms with E-state index in [9.17, 15) is 13.6 Å². The van der Waals surface area contributed by atoms with Crippen molar-refractivity contribution < 1.29 is 18.3 Å². The number of hydrogen-bond donors (Lipinski definition) is 0. The van der Waals surface area contributed by atoms with Crippen molar-refractivity contribution in [2.75, 3.05) is 0 Å². The van der Waals surface area contributed by atoms with Gasteiger partial charge < -0.3 is 4.74 Å². The summed E-state index contributed by atoms with van der Waals surface area (Å²) < 4.78 is 33.2. The highest BCUT2D eigenvalue weighted by molar-refractivity contribution is 5.89. The number of ether oxygens (including phenoxy) is 1. The van der Waals surface area contributed by atoms with Gasteiger partial charge in [-0.3, -0.25) is 0 Å². The van der Waals surface area contributed by atoms with Crippen LogP contribution in [0.3, 0.4) is 0 Å². The molecule has 0 N–H and O–H groups in total. The summed E-state index contributed by atoms with van der Waals surface area (Å²) in [6.07, 6.45) is 15.0. The molecule has 4 heteroatoms. The van der Waals surface area contributed by atoms with Crippen molar-refractivity contribution in [3.05, 3.63) is 35.4 Å². The second-order valence-corrected chi connectivity index (χ2v) is 14.6. The minimum Gasteiger partial charge on any atom is -0.458 e. The third kappa shape index (κ3) is 4.96. The molecule has 4 aliphatic rings. The summed E-state index contributed by atoms with van der Waals surface area (Å²) in [4.78, 5) is 12.9. The predicted molar refractivity (Wildman–Crippen MR) is 149 cm³/mol. The molecule has 1 aromatic carbocycles. The molecular formula is C34H50F2O2. The molecule has 4 fully saturated rings. The summed E-state index contributed by atoms with van der Waals surface area (Å²) in [6, 6.07) is 3.32. The van der Waals surface area contributed by atoms with E-state index in [1.165, 1.54) is 63.9 Å². The lowest BCUT2D eigenvalue weighted by Crippen LogP contribution is -2.56. The van der Waals surface area contributed by atoms with Crippen LogP contribution in [0.5, 0.6) is 0 Å². The first kappa shape index (κ1) is 28.1. The van der Waals surface area contributed by atoms with Gasteiger partial charge in [0.15, 0.2) is 11.6 Å². The molecular weight excluding hydrogens is 478 g/mol. The molecule has 5 rings (SSSR count). The van der Waals surface area contributed by atoms with Gasteiger partial charge in [0.1, 0.15) is 6.10 Å². The van der Waals surface area contributed by atoms with Crippen molar-refractivity contribution >= 4 is 5.97 Å². The topological polar surface area (TPSA) is 26.3 Å². The molecule has 4 aliphatic carbocycles. The van der Waals surface area contributed by atoms with Crippen LogP contribution in [0.1, 0.15) is 122 Å². The van der Waals surface area contributed by atoms with Crippen LogP contribution >= 0.6 is 0 Å². The summed E-state index contributed by atoms with van der Waals surface area (Å²) in [5, 5.41) is 0. The van der Waals surface area contributed by atoms with Crippen LogP contribution < -0.4 is 0 Å². The molecule has 9 atom stereocenters. The molecule has 0 saturated heterocycles. The number of carbonyl (C=O) groups is 1. The minimum absolute atomic E-state index is 0.109. The molecule has 2 nitrogen and oxygen atoms in total. The maximum atomic E-state index is 13.8. The lowest BCUT2D eigenvalue weighted by atomic mass is 9.44. The molecule has 38 heavy (non-hydrogen) atoms. The van der Waals surface area contributed by atoms with Gasteiger partial charge in [0.05, 0.1) is 5.56 Å². The summed E-state index contributed by atoms with van der Waals surface area (Å²) in [5.41, 5.74) is 0.787. The molecule has 0 aromatic heterocycles. The summed E-state index contributed by atoms with van der Waals surface area (Å²) in [7, 11) is 0. The number of benzene rings is 1. The van der Waals surface area contributed by atoms with E-state index in [0.29, 0.717) is 17.3 Å². The molecule has 212 valence electrons. The second kappa shape index (κ2) is 10.8. The Morgan fingerprint density at radius 2 is 1.63 bits per heavy atom. The van der Waals surface area contributed by atoms with Crippen molar-refractivity contribution in [2.45, 2.75) is 118 Å². The lowest BCUT2D eigenvalue weighted by molar-refractivity contribution is -0.147. The SMILES string of the molecule is CC(C)CCC[C@@H](C)[C@H]1CC[C@H]2[C@@H]3CCC4C(OC(=O)c5ccc(F)c(F)c5)CCC[C@]4(C)[C@H]3CC[C@]12C. The van der Waals surface area contributed by atoms with Gasteiger partial charge in [-0.2, -0.15) is 0 Å². The fraction of sp³-hybridized carbons (Fsp3) is 0.794. The third-order valence-electron chi connectivity index (χ3n) is 12.2. The van der Waals surface area contributed by atoms with E-state index < -0.39 is 17.6 Å². The Hall–Kier alpha value is -1.45. The standard InChI is InChI=1S/C34H50F2O2/c1-21(2)8-6-9-22(3)25-14-15-26-24-12-13-28-31(38-32(37)23-11-16-29(35)30(36)20-23)10-7-18-33(28,4)27(24)17-19-34(25,26)5/h11,16,20-22,24-28,31H,6-10,12-15,17-19H2,1-5H3/t22-,24+,25-,26+,27+,28?,31?,33-,34-/m1/s1. The average molecular weight is 529 g/mol. The first-order chi connectivity index (χ1) is 18.0. The van der Waals surface area contributed by atoms with Gasteiger partial charge in [0, 0.05) is 5.92 Å². The molecule has 0 radical (unpaired) electrons. The fourth-order valence-corrected chi connectivity index (χ4v) is 10.3. The highest BCUT2D eigenvalue weighted by Crippen LogP contribution is 2.68. The Kier molecular flexibility index (Phi) is 8.02. The summed E-state index contributed by atoms with van der Waals surface area (Å²) >= 11 is 0. The smallest absolute Gasteiger partial charge is 0.338 e. The molecule has 0 bridgehead atoms. The predicted octanol–water partition coefficient (Wildman–Crippen LogP) is 9.61. The number of fused-ring (bicyclic) bond motifs is 5. The van der Waals surface area contributed by atoms with Gasteiger partial charge in [0.2, 0.25) is 0 Å². The Morgan fingerprint density at radius 1 is 0.895 bits per heavy atom. The van der Waals surface area contributed by atoms with Crippen LogP contribution in [0, 0.1) is 63.9 Å². The molecule has 1 aromatic rings. The first-order valence-electron chi connectivity index (χ1n) is 15.7. The molecule has 0 spiro atoms. The van der Waals surface area contributed by atoms with Crippen molar-refractivity contribution in [3.63, 3.8) is 0 Å². The zero-order valence-corrected chi connectivity index (χ0v) is 24.4. The Morgan fingerprint density at radius 3 is 2.37 bits per heavy atom. The van der Waals surface area contributed by atoms with Gasteiger partial charge in [0.25, 0.3) is 0 Å². The highest BCUT2D eigenvalue weighted by atomic mass is 19.2. The molecule has 2 unspecified atom stereocenters. The van der Waals surface area contributed by atoms with E-state index in [-0.39, 0.29) is 17.1 Å². The van der Waals surface area contributed by atoms with Crippen LogP contribution in [0.2, 0.25) is 0 Å². The van der Waals surface area contributed by atoms with Gasteiger partial charge in [-0.25, -0.2) is 13.6 Å². The van der Waals surface area contributed by atoms with E-state index in [1.807, 2.05) is 0 Å². The first-order valence-corrected chi connectivity index (χ1v) is 15.7. The normalized spacial score (nSPS) is 39.3. The van der Waals surface area contributed by atoms with E-state index >= 15 is 0 Å². The van der Waals surface area contributed by atoms with Crippen LogP contribution in [0.15, 0.2) is 18.2 Å². The molecule has 0 amide bonds. The number of hydrogen-bond acceptors (Lipinski definition) is 2. The number of rotatable bonds is 7. The van der Waals surface area contributed by atoms with Crippen molar-refractivity contribution in [1.82, 2.24) is 0 Å². The number of esters is 1. The number of halogens is 2. The van der Waals surface area contributed by atoms with E-state index in [2.05, 4.69) is 34.6 Å². The van der Waals surface area contributed by atoms with Crippen LogP contribution in [-0.4, -0.2) is 12.1 Å². The summed E-state index contributed by atoms with van der Waals surface area (Å²) in [5.74, 6) is 2.74. The lowest BCUT2D eigenvalue weighted by Gasteiger charge is -2.61. The third-order valence-corrected chi connectivity index (χ3v) is 12.2. The Bertz CT molecular complexity index is 1010. The Balaban J connectivity index is 1.28. The summed E-state index contributed by atoms with van der Waals surface area (Å²) in [6.45, 7) is 12.4. The van der Waals surface area contributed by atoms with Crippen molar-refractivity contribution in [1.29, 1.82) is 0 Å². The van der Waals surface area contributed by atoms with Crippen LogP contribution in [-0.2, 0) is 4.74 Å². The van der Waals surface area contributed by atoms with Crippen molar-refractivity contribution in [3.8, 4) is 0 Å². The Labute approximate surface area is 229 Å². The molecule has 0 heterocycles. The van der Waals surface area contributed by atoms with Crippen LogP contribution in [0.4, 0.5) is 8.78 Å². The van der Waals surface area contributed by atoms with Gasteiger partial charge in [-0.1, -0.05) is 53.9 Å². The van der Waals surface area contributed by atoms with E-state index in [4.69, 9.17) is 4.74 Å². The van der Waals surface area contributed by atoms with E-state index in [0.717, 1.165) is 61.0 Å². The second-order valence-electron chi connectivity index (χ2n) is 14.6. The molecule has 0 aliphatic heterocycles.